The summed E-state index contributed by atoms with van der Waals surface area (Å²) in [5.74, 6) is -0.0997. The van der Waals surface area contributed by atoms with Crippen molar-refractivity contribution in [2.45, 2.75) is 32.6 Å². The van der Waals surface area contributed by atoms with Crippen molar-refractivity contribution in [2.75, 3.05) is 0 Å². The largest absolute Gasteiger partial charge is 0.332 e. The first kappa shape index (κ1) is 14.4. The van der Waals surface area contributed by atoms with E-state index in [4.69, 9.17) is 0 Å². The minimum atomic E-state index is -0.309. The van der Waals surface area contributed by atoms with E-state index >= 15 is 0 Å². The molecule has 0 bridgehead atoms. The van der Waals surface area contributed by atoms with Crippen molar-refractivity contribution in [2.24, 2.45) is 0 Å². The second-order valence-corrected chi connectivity index (χ2v) is 5.48. The molecule has 2 atom stereocenters. The number of nitrogens with zero attached hydrogens (tertiary/aromatic N) is 3. The van der Waals surface area contributed by atoms with Crippen LogP contribution in [0.4, 0.5) is 0 Å². The fraction of sp³-hybridized carbons (Fsp3) is 0.294. The molecule has 5 heteroatoms. The van der Waals surface area contributed by atoms with Crippen LogP contribution < -0.4 is 5.32 Å². The van der Waals surface area contributed by atoms with Gasteiger partial charge < -0.3 is 10.2 Å². The molecule has 3 rings (SSSR count). The van der Waals surface area contributed by atoms with Gasteiger partial charge in [0.1, 0.15) is 0 Å². The van der Waals surface area contributed by atoms with Crippen molar-refractivity contribution in [1.29, 1.82) is 0 Å². The molecule has 0 saturated heterocycles. The summed E-state index contributed by atoms with van der Waals surface area (Å²) in [6, 6.07) is 10.5. The van der Waals surface area contributed by atoms with Crippen molar-refractivity contribution in [1.82, 2.24) is 20.0 Å². The molecule has 2 heterocycles. The van der Waals surface area contributed by atoms with Crippen molar-refractivity contribution in [3.05, 3.63) is 66.1 Å². The number of aryl methyl sites for hydroxylation is 1. The highest BCUT2D eigenvalue weighted by Gasteiger charge is 2.29. The van der Waals surface area contributed by atoms with Gasteiger partial charge in [0, 0.05) is 18.5 Å². The number of hydrogen-bond donors (Lipinski definition) is 1. The summed E-state index contributed by atoms with van der Waals surface area (Å²) >= 11 is 0. The third-order valence-corrected chi connectivity index (χ3v) is 3.86. The highest BCUT2D eigenvalue weighted by atomic mass is 16.2. The van der Waals surface area contributed by atoms with Gasteiger partial charge in [-0.15, -0.1) is 0 Å². The van der Waals surface area contributed by atoms with Crippen molar-refractivity contribution in [3.63, 3.8) is 0 Å². The van der Waals surface area contributed by atoms with E-state index in [9.17, 15) is 4.79 Å². The Morgan fingerprint density at radius 2 is 2.09 bits per heavy atom. The van der Waals surface area contributed by atoms with Gasteiger partial charge in [-0.2, -0.15) is 5.10 Å². The van der Waals surface area contributed by atoms with Crippen LogP contribution in [-0.2, 0) is 4.79 Å². The Balaban J connectivity index is 1.97. The molecule has 1 amide bonds. The molecule has 5 nitrogen and oxygen atoms in total. The Bertz CT molecular complexity index is 677. The van der Waals surface area contributed by atoms with Gasteiger partial charge in [0.25, 0.3) is 0 Å². The van der Waals surface area contributed by atoms with E-state index in [-0.39, 0.29) is 18.2 Å². The lowest BCUT2D eigenvalue weighted by atomic mass is 10.0. The average molecular weight is 296 g/mol. The highest BCUT2D eigenvalue weighted by molar-refractivity contribution is 5.88. The average Bonchev–Trinajstić information content (AvgIpc) is 2.97. The summed E-state index contributed by atoms with van der Waals surface area (Å²) in [6.45, 7) is 4.14. The summed E-state index contributed by atoms with van der Waals surface area (Å²) in [5, 5.41) is 7.34. The van der Waals surface area contributed by atoms with E-state index in [2.05, 4.69) is 34.4 Å². The van der Waals surface area contributed by atoms with Crippen LogP contribution >= 0.6 is 0 Å². The van der Waals surface area contributed by atoms with Crippen LogP contribution in [0.3, 0.4) is 0 Å². The number of hydrogen-bond acceptors (Lipinski definition) is 3. The second kappa shape index (κ2) is 6.05. The molecule has 0 aliphatic carbocycles. The Kier molecular flexibility index (Phi) is 3.96. The molecular weight excluding hydrogens is 276 g/mol. The zero-order valence-electron chi connectivity index (χ0n) is 12.8. The molecule has 0 spiro atoms. The fourth-order valence-electron chi connectivity index (χ4n) is 2.82. The van der Waals surface area contributed by atoms with Gasteiger partial charge in [0.05, 0.1) is 12.2 Å². The quantitative estimate of drug-likeness (QED) is 0.944. The summed E-state index contributed by atoms with van der Waals surface area (Å²) in [6.07, 6.45) is 7.79. The van der Waals surface area contributed by atoms with Crippen molar-refractivity contribution >= 4 is 5.91 Å². The minimum Gasteiger partial charge on any atom is -0.332 e. The number of amides is 1. The Labute approximate surface area is 130 Å². The van der Waals surface area contributed by atoms with E-state index in [1.165, 1.54) is 5.56 Å². The zero-order chi connectivity index (χ0) is 15.5. The molecule has 1 aromatic carbocycles. The van der Waals surface area contributed by atoms with E-state index in [1.54, 1.807) is 17.0 Å². The second-order valence-electron chi connectivity index (χ2n) is 5.48. The summed E-state index contributed by atoms with van der Waals surface area (Å²) in [5.41, 5.74) is 2.29. The first-order chi connectivity index (χ1) is 10.7. The first-order valence-corrected chi connectivity index (χ1v) is 7.51. The molecule has 2 aromatic rings. The van der Waals surface area contributed by atoms with Gasteiger partial charge in [-0.3, -0.25) is 4.79 Å². The Hall–Kier alpha value is -2.56. The lowest BCUT2D eigenvalue weighted by Gasteiger charge is -2.39. The zero-order valence-corrected chi connectivity index (χ0v) is 12.8. The monoisotopic (exact) mass is 296 g/mol. The lowest BCUT2D eigenvalue weighted by Crippen LogP contribution is -2.46. The SMILES string of the molecule is CC[C@@H](c1ccccc1)N1C=CC(=O)NC1n1cc(C)cn1. The molecule has 22 heavy (non-hydrogen) atoms. The maximum absolute atomic E-state index is 11.8. The molecule has 0 fully saturated rings. The number of aromatic nitrogens is 2. The summed E-state index contributed by atoms with van der Waals surface area (Å²) in [4.78, 5) is 13.9. The Morgan fingerprint density at radius 1 is 1.32 bits per heavy atom. The van der Waals surface area contributed by atoms with Crippen molar-refractivity contribution < 1.29 is 4.79 Å². The van der Waals surface area contributed by atoms with Gasteiger partial charge in [-0.1, -0.05) is 37.3 Å². The smallest absolute Gasteiger partial charge is 0.248 e. The molecular formula is C17H20N4O. The molecule has 114 valence electrons. The molecule has 1 unspecified atom stereocenters. The molecule has 0 radical (unpaired) electrons. The van der Waals surface area contributed by atoms with E-state index in [1.807, 2.05) is 37.5 Å². The standard InChI is InChI=1S/C17H20N4O/c1-3-15(14-7-5-4-6-8-14)20-10-9-16(22)19-17(20)21-12-13(2)11-18-21/h4-12,15,17H,3H2,1-2H3,(H,19,22)/t15-,17?/m0/s1. The van der Waals surface area contributed by atoms with Gasteiger partial charge in [-0.25, -0.2) is 4.68 Å². The molecule has 1 aliphatic rings. The third-order valence-electron chi connectivity index (χ3n) is 3.86. The summed E-state index contributed by atoms with van der Waals surface area (Å²) < 4.78 is 1.79. The van der Waals surface area contributed by atoms with Crippen LogP contribution in [0, 0.1) is 6.92 Å². The van der Waals surface area contributed by atoms with E-state index in [0.717, 1.165) is 12.0 Å². The molecule has 1 N–H and O–H groups in total. The normalized spacial score (nSPS) is 19.1. The topological polar surface area (TPSA) is 50.2 Å². The summed E-state index contributed by atoms with van der Waals surface area (Å²) in [7, 11) is 0. The van der Waals surface area contributed by atoms with E-state index in [0.29, 0.717) is 0 Å². The maximum Gasteiger partial charge on any atom is 0.248 e. The predicted molar refractivity (Wildman–Crippen MR) is 84.6 cm³/mol. The first-order valence-electron chi connectivity index (χ1n) is 7.51. The minimum absolute atomic E-state index is 0.0997. The molecule has 1 aromatic heterocycles. The highest BCUT2D eigenvalue weighted by Crippen LogP contribution is 2.30. The lowest BCUT2D eigenvalue weighted by molar-refractivity contribution is -0.121. The van der Waals surface area contributed by atoms with Crippen LogP contribution in [0.25, 0.3) is 0 Å². The number of nitrogens with one attached hydrogen (secondary N) is 1. The molecule has 0 saturated carbocycles. The van der Waals surface area contributed by atoms with Crippen LogP contribution in [0.5, 0.6) is 0 Å². The maximum atomic E-state index is 11.8. The number of carbonyl (C=O) groups excluding carboxylic acids is 1. The Morgan fingerprint density at radius 3 is 2.73 bits per heavy atom. The van der Waals surface area contributed by atoms with Gasteiger partial charge in [0.2, 0.25) is 12.2 Å². The van der Waals surface area contributed by atoms with Crippen LogP contribution in [0.15, 0.2) is 55.0 Å². The van der Waals surface area contributed by atoms with Crippen LogP contribution in [0.1, 0.15) is 36.8 Å². The van der Waals surface area contributed by atoms with Crippen LogP contribution in [0.2, 0.25) is 0 Å². The fourth-order valence-corrected chi connectivity index (χ4v) is 2.82. The molecule has 1 aliphatic heterocycles. The third kappa shape index (κ3) is 2.74. The van der Waals surface area contributed by atoms with Crippen LogP contribution in [-0.4, -0.2) is 20.6 Å². The number of carbonyl (C=O) groups is 1. The predicted octanol–water partition coefficient (Wildman–Crippen LogP) is 2.74. The number of rotatable bonds is 4. The van der Waals surface area contributed by atoms with Gasteiger partial charge >= 0.3 is 0 Å². The van der Waals surface area contributed by atoms with Crippen molar-refractivity contribution in [3.8, 4) is 0 Å². The van der Waals surface area contributed by atoms with Gasteiger partial charge in [-0.05, 0) is 24.5 Å². The van der Waals surface area contributed by atoms with E-state index < -0.39 is 0 Å². The number of benzene rings is 1. The van der Waals surface area contributed by atoms with Gasteiger partial charge in [0.15, 0.2) is 0 Å².